The second-order valence-electron chi connectivity index (χ2n) is 6.25. The highest BCUT2D eigenvalue weighted by Gasteiger charge is 2.28. The molecule has 2 heterocycles. The SMILES string of the molecule is O=S(=O)(c1ccc2c(c1)OCCO2)N(Cc1ccco1)Cc1ccccc1F. The number of ether oxygens (including phenoxy) is 2. The van der Waals surface area contributed by atoms with Crippen molar-refractivity contribution in [1.82, 2.24) is 4.31 Å². The van der Waals surface area contributed by atoms with Crippen molar-refractivity contribution in [3.63, 3.8) is 0 Å². The highest BCUT2D eigenvalue weighted by atomic mass is 32.2. The van der Waals surface area contributed by atoms with Crippen LogP contribution in [-0.2, 0) is 23.1 Å². The average molecular weight is 403 g/mol. The number of furan rings is 1. The van der Waals surface area contributed by atoms with Gasteiger partial charge in [-0.15, -0.1) is 0 Å². The fourth-order valence-corrected chi connectivity index (χ4v) is 4.35. The van der Waals surface area contributed by atoms with Crippen LogP contribution in [0.15, 0.2) is 70.2 Å². The molecular formula is C20H18FNO5S. The lowest BCUT2D eigenvalue weighted by atomic mass is 10.2. The van der Waals surface area contributed by atoms with Crippen LogP contribution >= 0.6 is 0 Å². The first-order valence-electron chi connectivity index (χ1n) is 8.69. The summed E-state index contributed by atoms with van der Waals surface area (Å²) in [6, 6.07) is 13.9. The summed E-state index contributed by atoms with van der Waals surface area (Å²) in [7, 11) is -3.95. The summed E-state index contributed by atoms with van der Waals surface area (Å²) in [5.74, 6) is 0.856. The molecule has 4 rings (SSSR count). The third-order valence-corrected chi connectivity index (χ3v) is 6.16. The molecule has 2 aromatic carbocycles. The highest BCUT2D eigenvalue weighted by Crippen LogP contribution is 2.34. The van der Waals surface area contributed by atoms with Crippen LogP contribution in [-0.4, -0.2) is 25.9 Å². The molecule has 3 aromatic rings. The molecule has 1 aromatic heterocycles. The van der Waals surface area contributed by atoms with Gasteiger partial charge >= 0.3 is 0 Å². The Morgan fingerprint density at radius 3 is 2.46 bits per heavy atom. The van der Waals surface area contributed by atoms with Crippen LogP contribution in [0.5, 0.6) is 11.5 Å². The Bertz CT molecular complexity index is 1070. The highest BCUT2D eigenvalue weighted by molar-refractivity contribution is 7.89. The average Bonchev–Trinajstić information content (AvgIpc) is 3.22. The molecule has 0 bridgehead atoms. The zero-order valence-electron chi connectivity index (χ0n) is 14.9. The summed E-state index contributed by atoms with van der Waals surface area (Å²) < 4.78 is 58.2. The molecule has 0 atom stereocenters. The Kier molecular flexibility index (Phi) is 5.06. The zero-order chi connectivity index (χ0) is 19.6. The van der Waals surface area contributed by atoms with Gasteiger partial charge in [-0.1, -0.05) is 18.2 Å². The number of fused-ring (bicyclic) bond motifs is 1. The summed E-state index contributed by atoms with van der Waals surface area (Å²) in [6.07, 6.45) is 1.47. The molecule has 6 nitrogen and oxygen atoms in total. The molecule has 0 unspecified atom stereocenters. The Labute approximate surface area is 162 Å². The molecule has 1 aliphatic heterocycles. The predicted molar refractivity (Wildman–Crippen MR) is 99.0 cm³/mol. The van der Waals surface area contributed by atoms with Crippen LogP contribution < -0.4 is 9.47 Å². The third-order valence-electron chi connectivity index (χ3n) is 4.37. The Morgan fingerprint density at radius 2 is 1.71 bits per heavy atom. The number of rotatable bonds is 6. The van der Waals surface area contributed by atoms with Crippen LogP contribution in [0, 0.1) is 5.82 Å². The van der Waals surface area contributed by atoms with Crippen LogP contribution in [0.4, 0.5) is 4.39 Å². The smallest absolute Gasteiger partial charge is 0.243 e. The molecule has 0 N–H and O–H groups in total. The van der Waals surface area contributed by atoms with E-state index in [4.69, 9.17) is 13.9 Å². The fourth-order valence-electron chi connectivity index (χ4n) is 2.95. The van der Waals surface area contributed by atoms with Crippen molar-refractivity contribution in [1.29, 1.82) is 0 Å². The molecule has 0 saturated heterocycles. The summed E-state index contributed by atoms with van der Waals surface area (Å²) in [4.78, 5) is 0.0413. The van der Waals surface area contributed by atoms with Gasteiger partial charge in [-0.3, -0.25) is 0 Å². The minimum absolute atomic E-state index is 0.0297. The first-order chi connectivity index (χ1) is 13.5. The molecular weight excluding hydrogens is 385 g/mol. The van der Waals surface area contributed by atoms with Crippen molar-refractivity contribution >= 4 is 10.0 Å². The van der Waals surface area contributed by atoms with E-state index in [-0.39, 0.29) is 23.5 Å². The van der Waals surface area contributed by atoms with E-state index in [9.17, 15) is 12.8 Å². The molecule has 1 aliphatic rings. The van der Waals surface area contributed by atoms with E-state index in [2.05, 4.69) is 0 Å². The van der Waals surface area contributed by atoms with Crippen molar-refractivity contribution in [2.45, 2.75) is 18.0 Å². The van der Waals surface area contributed by atoms with Crippen molar-refractivity contribution in [2.24, 2.45) is 0 Å². The van der Waals surface area contributed by atoms with Crippen LogP contribution in [0.2, 0.25) is 0 Å². The van der Waals surface area contributed by atoms with Crippen molar-refractivity contribution < 1.29 is 26.7 Å². The number of sulfonamides is 1. The van der Waals surface area contributed by atoms with Crippen molar-refractivity contribution in [3.05, 3.63) is 78.0 Å². The first kappa shape index (κ1) is 18.5. The zero-order valence-corrected chi connectivity index (χ0v) is 15.7. The number of hydrogen-bond donors (Lipinski definition) is 0. The molecule has 0 spiro atoms. The number of halogens is 1. The van der Waals surface area contributed by atoms with Crippen molar-refractivity contribution in [2.75, 3.05) is 13.2 Å². The largest absolute Gasteiger partial charge is 0.486 e. The topological polar surface area (TPSA) is 69.0 Å². The van der Waals surface area contributed by atoms with Crippen LogP contribution in [0.3, 0.4) is 0 Å². The van der Waals surface area contributed by atoms with E-state index in [1.807, 2.05) is 0 Å². The molecule has 0 aliphatic carbocycles. The first-order valence-corrected chi connectivity index (χ1v) is 10.1. The maximum Gasteiger partial charge on any atom is 0.243 e. The minimum atomic E-state index is -3.95. The maximum atomic E-state index is 14.2. The van der Waals surface area contributed by atoms with Gasteiger partial charge in [-0.25, -0.2) is 12.8 Å². The second-order valence-corrected chi connectivity index (χ2v) is 8.19. The fraction of sp³-hybridized carbons (Fsp3) is 0.200. The molecule has 28 heavy (non-hydrogen) atoms. The Balaban J connectivity index is 1.70. The molecule has 0 amide bonds. The number of nitrogens with zero attached hydrogens (tertiary/aromatic N) is 1. The lowest BCUT2D eigenvalue weighted by Crippen LogP contribution is -2.30. The van der Waals surface area contributed by atoms with Gasteiger partial charge in [0.2, 0.25) is 10.0 Å². The van der Waals surface area contributed by atoms with Crippen LogP contribution in [0.1, 0.15) is 11.3 Å². The minimum Gasteiger partial charge on any atom is -0.486 e. The van der Waals surface area contributed by atoms with E-state index < -0.39 is 15.8 Å². The predicted octanol–water partition coefficient (Wildman–Crippen LogP) is 3.58. The van der Waals surface area contributed by atoms with Gasteiger partial charge in [-0.2, -0.15) is 4.31 Å². The van der Waals surface area contributed by atoms with Gasteiger partial charge in [0.1, 0.15) is 24.8 Å². The number of benzene rings is 2. The monoisotopic (exact) mass is 403 g/mol. The standard InChI is InChI=1S/C20H18FNO5S/c21-18-6-2-1-4-15(18)13-22(14-16-5-3-9-25-16)28(23,24)17-7-8-19-20(12-17)27-11-10-26-19/h1-9,12H,10-11,13-14H2. The third kappa shape index (κ3) is 3.74. The van der Waals surface area contributed by atoms with Crippen molar-refractivity contribution in [3.8, 4) is 11.5 Å². The van der Waals surface area contributed by atoms with Crippen LogP contribution in [0.25, 0.3) is 0 Å². The summed E-state index contributed by atoms with van der Waals surface area (Å²) in [6.45, 7) is 0.598. The van der Waals surface area contributed by atoms with E-state index in [0.29, 0.717) is 30.5 Å². The van der Waals surface area contributed by atoms with Gasteiger partial charge in [-0.05, 0) is 30.3 Å². The lowest BCUT2D eigenvalue weighted by Gasteiger charge is -2.23. The van der Waals surface area contributed by atoms with Gasteiger partial charge < -0.3 is 13.9 Å². The molecule has 0 saturated carbocycles. The van der Waals surface area contributed by atoms with Gasteiger partial charge in [0, 0.05) is 18.2 Å². The van der Waals surface area contributed by atoms with Gasteiger partial charge in [0.25, 0.3) is 0 Å². The Morgan fingerprint density at radius 1 is 0.929 bits per heavy atom. The second kappa shape index (κ2) is 7.65. The lowest BCUT2D eigenvalue weighted by molar-refractivity contribution is 0.171. The number of hydrogen-bond acceptors (Lipinski definition) is 5. The molecule has 146 valence electrons. The normalized spacial score (nSPS) is 13.6. The molecule has 0 radical (unpaired) electrons. The summed E-state index contributed by atoms with van der Waals surface area (Å²) in [5.41, 5.74) is 0.273. The molecule has 8 heteroatoms. The maximum absolute atomic E-state index is 14.2. The summed E-state index contributed by atoms with van der Waals surface area (Å²) in [5, 5.41) is 0. The van der Waals surface area contributed by atoms with E-state index in [1.165, 1.54) is 28.8 Å². The Hall–Kier alpha value is -2.84. The van der Waals surface area contributed by atoms with E-state index in [1.54, 1.807) is 36.4 Å². The van der Waals surface area contributed by atoms with Gasteiger partial charge in [0.15, 0.2) is 11.5 Å². The molecule has 0 fully saturated rings. The van der Waals surface area contributed by atoms with Gasteiger partial charge in [0.05, 0.1) is 17.7 Å². The quantitative estimate of drug-likeness (QED) is 0.629. The van der Waals surface area contributed by atoms with E-state index in [0.717, 1.165) is 0 Å². The van der Waals surface area contributed by atoms with E-state index >= 15 is 0 Å². The summed E-state index contributed by atoms with van der Waals surface area (Å²) >= 11 is 0.